The number of allylic oxidation sites excluding steroid dienone is 1. The molecule has 1 atom stereocenters. The lowest BCUT2D eigenvalue weighted by molar-refractivity contribution is 0.464. The molecule has 4 heteroatoms. The fraction of sp³-hybridized carbons (Fsp3) is 0.455. The van der Waals surface area contributed by atoms with Crippen LogP contribution in [-0.4, -0.2) is 15.7 Å². The maximum absolute atomic E-state index is 5.68. The minimum atomic E-state index is 0.0945. The highest BCUT2D eigenvalue weighted by Gasteiger charge is 2.24. The highest BCUT2D eigenvalue weighted by atomic mass is 35.5. The number of nitrogens with one attached hydrogen (secondary N) is 1. The SMILES string of the molecule is CC1(Nc2ccc(Cl)nn2)CC=CCC1. The predicted octanol–water partition coefficient (Wildman–Crippen LogP) is 3.04. The van der Waals surface area contributed by atoms with Gasteiger partial charge in [0.2, 0.25) is 0 Å². The van der Waals surface area contributed by atoms with Crippen molar-refractivity contribution in [3.8, 4) is 0 Å². The van der Waals surface area contributed by atoms with Crippen molar-refractivity contribution < 1.29 is 0 Å². The average molecular weight is 224 g/mol. The molecular weight excluding hydrogens is 210 g/mol. The van der Waals surface area contributed by atoms with Crippen LogP contribution in [-0.2, 0) is 0 Å². The zero-order valence-corrected chi connectivity index (χ0v) is 9.46. The minimum Gasteiger partial charge on any atom is -0.363 e. The largest absolute Gasteiger partial charge is 0.363 e. The third-order valence-electron chi connectivity index (χ3n) is 2.66. The number of nitrogens with zero attached hydrogens (tertiary/aromatic N) is 2. The van der Waals surface area contributed by atoms with Gasteiger partial charge in [-0.3, -0.25) is 0 Å². The molecule has 3 nitrogen and oxygen atoms in total. The number of halogens is 1. The van der Waals surface area contributed by atoms with Crippen LogP contribution in [0, 0.1) is 0 Å². The molecule has 0 spiro atoms. The molecule has 0 aliphatic heterocycles. The van der Waals surface area contributed by atoms with Crippen LogP contribution in [0.4, 0.5) is 5.82 Å². The molecule has 0 bridgehead atoms. The molecule has 0 amide bonds. The maximum atomic E-state index is 5.68. The molecular formula is C11H14ClN3. The van der Waals surface area contributed by atoms with Crippen molar-refractivity contribution in [2.45, 2.75) is 31.7 Å². The van der Waals surface area contributed by atoms with E-state index in [4.69, 9.17) is 11.6 Å². The average Bonchev–Trinajstić information content (AvgIpc) is 2.22. The van der Waals surface area contributed by atoms with Gasteiger partial charge >= 0.3 is 0 Å². The molecule has 0 saturated carbocycles. The summed E-state index contributed by atoms with van der Waals surface area (Å²) in [4.78, 5) is 0. The fourth-order valence-electron chi connectivity index (χ4n) is 1.77. The van der Waals surface area contributed by atoms with Crippen LogP contribution in [0.5, 0.6) is 0 Å². The molecule has 1 aliphatic rings. The molecule has 80 valence electrons. The van der Waals surface area contributed by atoms with Gasteiger partial charge in [-0.2, -0.15) is 0 Å². The van der Waals surface area contributed by atoms with Crippen LogP contribution in [0.3, 0.4) is 0 Å². The summed E-state index contributed by atoms with van der Waals surface area (Å²) in [6.45, 7) is 2.20. The molecule has 1 heterocycles. The van der Waals surface area contributed by atoms with Crippen molar-refractivity contribution in [2.75, 3.05) is 5.32 Å². The lowest BCUT2D eigenvalue weighted by Crippen LogP contribution is -2.35. The Balaban J connectivity index is 2.07. The van der Waals surface area contributed by atoms with E-state index in [1.165, 1.54) is 0 Å². The third kappa shape index (κ3) is 2.69. The zero-order chi connectivity index (χ0) is 10.7. The second-order valence-electron chi connectivity index (χ2n) is 4.14. The van der Waals surface area contributed by atoms with E-state index in [0.717, 1.165) is 25.1 Å². The Hall–Kier alpha value is -1.09. The smallest absolute Gasteiger partial charge is 0.151 e. The van der Waals surface area contributed by atoms with Crippen molar-refractivity contribution in [3.63, 3.8) is 0 Å². The number of rotatable bonds is 2. The molecule has 0 saturated heterocycles. The summed E-state index contributed by atoms with van der Waals surface area (Å²) in [7, 11) is 0. The summed E-state index contributed by atoms with van der Waals surface area (Å²) in [5.74, 6) is 0.789. The number of hydrogen-bond donors (Lipinski definition) is 1. The summed E-state index contributed by atoms with van der Waals surface area (Å²) < 4.78 is 0. The first kappa shape index (κ1) is 10.4. The summed E-state index contributed by atoms with van der Waals surface area (Å²) in [6.07, 6.45) is 7.69. The Kier molecular flexibility index (Phi) is 2.91. The summed E-state index contributed by atoms with van der Waals surface area (Å²) in [5, 5.41) is 11.6. The normalized spacial score (nSPS) is 25.2. The highest BCUT2D eigenvalue weighted by Crippen LogP contribution is 2.26. The predicted molar refractivity (Wildman–Crippen MR) is 62.1 cm³/mol. The first-order valence-electron chi connectivity index (χ1n) is 5.10. The van der Waals surface area contributed by atoms with Gasteiger partial charge < -0.3 is 5.32 Å². The fourth-order valence-corrected chi connectivity index (χ4v) is 1.87. The van der Waals surface area contributed by atoms with Gasteiger partial charge in [0.1, 0.15) is 5.82 Å². The van der Waals surface area contributed by atoms with E-state index in [-0.39, 0.29) is 5.54 Å². The van der Waals surface area contributed by atoms with E-state index < -0.39 is 0 Å². The molecule has 1 aromatic heterocycles. The Morgan fingerprint density at radius 2 is 2.20 bits per heavy atom. The van der Waals surface area contributed by atoms with Crippen molar-refractivity contribution in [1.29, 1.82) is 0 Å². The molecule has 0 aromatic carbocycles. The van der Waals surface area contributed by atoms with Crippen molar-refractivity contribution in [3.05, 3.63) is 29.4 Å². The van der Waals surface area contributed by atoms with Crippen LogP contribution in [0.2, 0.25) is 5.15 Å². The number of aromatic nitrogens is 2. The topological polar surface area (TPSA) is 37.8 Å². The van der Waals surface area contributed by atoms with Crippen LogP contribution in [0.1, 0.15) is 26.2 Å². The maximum Gasteiger partial charge on any atom is 0.151 e. The van der Waals surface area contributed by atoms with Gasteiger partial charge in [0.15, 0.2) is 5.15 Å². The molecule has 1 aromatic rings. The van der Waals surface area contributed by atoms with E-state index in [9.17, 15) is 0 Å². The van der Waals surface area contributed by atoms with Crippen molar-refractivity contribution in [1.82, 2.24) is 10.2 Å². The van der Waals surface area contributed by atoms with E-state index in [1.54, 1.807) is 6.07 Å². The third-order valence-corrected chi connectivity index (χ3v) is 2.86. The lowest BCUT2D eigenvalue weighted by Gasteiger charge is -2.32. The van der Waals surface area contributed by atoms with Crippen LogP contribution < -0.4 is 5.32 Å². The Morgan fingerprint density at radius 3 is 2.80 bits per heavy atom. The molecule has 0 radical (unpaired) electrons. The van der Waals surface area contributed by atoms with Gasteiger partial charge in [0.05, 0.1) is 0 Å². The van der Waals surface area contributed by atoms with Gasteiger partial charge in [-0.1, -0.05) is 23.8 Å². The van der Waals surface area contributed by atoms with Crippen molar-refractivity contribution in [2.24, 2.45) is 0 Å². The molecule has 15 heavy (non-hydrogen) atoms. The van der Waals surface area contributed by atoms with Crippen molar-refractivity contribution >= 4 is 17.4 Å². The van der Waals surface area contributed by atoms with E-state index in [2.05, 4.69) is 34.6 Å². The first-order chi connectivity index (χ1) is 7.18. The molecule has 2 rings (SSSR count). The second-order valence-corrected chi connectivity index (χ2v) is 4.53. The van der Waals surface area contributed by atoms with Gasteiger partial charge in [-0.25, -0.2) is 0 Å². The van der Waals surface area contributed by atoms with Crippen LogP contribution in [0.15, 0.2) is 24.3 Å². The molecule has 0 fully saturated rings. The lowest BCUT2D eigenvalue weighted by atomic mass is 9.88. The van der Waals surface area contributed by atoms with E-state index >= 15 is 0 Å². The van der Waals surface area contributed by atoms with E-state index in [1.807, 2.05) is 6.07 Å². The monoisotopic (exact) mass is 223 g/mol. The minimum absolute atomic E-state index is 0.0945. The Labute approximate surface area is 94.6 Å². The summed E-state index contributed by atoms with van der Waals surface area (Å²) >= 11 is 5.68. The van der Waals surface area contributed by atoms with Gasteiger partial charge in [-0.15, -0.1) is 10.2 Å². The van der Waals surface area contributed by atoms with Crippen LogP contribution >= 0.6 is 11.6 Å². The second kappa shape index (κ2) is 4.19. The zero-order valence-electron chi connectivity index (χ0n) is 8.70. The van der Waals surface area contributed by atoms with Gasteiger partial charge in [-0.05, 0) is 38.3 Å². The summed E-state index contributed by atoms with van der Waals surface area (Å²) in [5.41, 5.74) is 0.0945. The number of hydrogen-bond acceptors (Lipinski definition) is 3. The highest BCUT2D eigenvalue weighted by molar-refractivity contribution is 6.29. The van der Waals surface area contributed by atoms with E-state index in [0.29, 0.717) is 5.15 Å². The first-order valence-corrected chi connectivity index (χ1v) is 5.48. The Bertz CT molecular complexity index is 361. The quantitative estimate of drug-likeness (QED) is 0.784. The molecule has 1 N–H and O–H groups in total. The number of anilines is 1. The van der Waals surface area contributed by atoms with Gasteiger partial charge in [0.25, 0.3) is 0 Å². The molecule has 1 unspecified atom stereocenters. The van der Waals surface area contributed by atoms with Crippen LogP contribution in [0.25, 0.3) is 0 Å². The molecule has 1 aliphatic carbocycles. The summed E-state index contributed by atoms with van der Waals surface area (Å²) in [6, 6.07) is 3.61. The van der Waals surface area contributed by atoms with Gasteiger partial charge in [0, 0.05) is 5.54 Å². The Morgan fingerprint density at radius 1 is 1.33 bits per heavy atom. The standard InChI is InChI=1S/C11H14ClN3/c1-11(7-3-2-4-8-11)13-10-6-5-9(12)14-15-10/h2-3,5-6H,4,7-8H2,1H3,(H,13,15).